The van der Waals surface area contributed by atoms with Crippen LogP contribution >= 0.6 is 15.9 Å². The SMILES string of the molecule is CC(C)(C)c1cc(O)c(C(C)(C)C)c(Br)c1O. The highest BCUT2D eigenvalue weighted by atomic mass is 79.9. The van der Waals surface area contributed by atoms with Crippen LogP contribution in [0.4, 0.5) is 0 Å². The van der Waals surface area contributed by atoms with Gasteiger partial charge in [0.2, 0.25) is 0 Å². The van der Waals surface area contributed by atoms with Gasteiger partial charge in [0.1, 0.15) is 11.5 Å². The van der Waals surface area contributed by atoms with Crippen molar-refractivity contribution in [2.45, 2.75) is 52.4 Å². The Balaban J connectivity index is 3.60. The number of phenolic OH excluding ortho intramolecular Hbond substituents is 2. The van der Waals surface area contributed by atoms with Crippen molar-refractivity contribution in [1.82, 2.24) is 0 Å². The van der Waals surface area contributed by atoms with Gasteiger partial charge in [0.25, 0.3) is 0 Å². The van der Waals surface area contributed by atoms with E-state index in [-0.39, 0.29) is 22.3 Å². The molecule has 1 rings (SSSR count). The van der Waals surface area contributed by atoms with Crippen molar-refractivity contribution in [3.8, 4) is 11.5 Å². The number of aromatic hydroxyl groups is 2. The summed E-state index contributed by atoms with van der Waals surface area (Å²) in [4.78, 5) is 0. The molecule has 1 aromatic rings. The van der Waals surface area contributed by atoms with Gasteiger partial charge in [-0.25, -0.2) is 0 Å². The van der Waals surface area contributed by atoms with Crippen molar-refractivity contribution in [2.75, 3.05) is 0 Å². The smallest absolute Gasteiger partial charge is 0.134 e. The minimum Gasteiger partial charge on any atom is -0.508 e. The topological polar surface area (TPSA) is 40.5 Å². The standard InChI is InChI=1S/C14H21BrO2/c1-13(2,3)8-7-9(16)10(14(4,5)6)11(15)12(8)17/h7,16-17H,1-6H3. The Labute approximate surface area is 112 Å². The van der Waals surface area contributed by atoms with Gasteiger partial charge in [-0.2, -0.15) is 0 Å². The Morgan fingerprint density at radius 2 is 1.41 bits per heavy atom. The zero-order chi connectivity index (χ0) is 13.6. The number of hydrogen-bond acceptors (Lipinski definition) is 2. The first kappa shape index (κ1) is 14.4. The minimum absolute atomic E-state index is 0.208. The lowest BCUT2D eigenvalue weighted by Crippen LogP contribution is -2.16. The van der Waals surface area contributed by atoms with Crippen LogP contribution in [0.25, 0.3) is 0 Å². The molecule has 0 heterocycles. The Morgan fingerprint density at radius 3 is 1.76 bits per heavy atom. The lowest BCUT2D eigenvalue weighted by molar-refractivity contribution is 0.415. The molecule has 0 radical (unpaired) electrons. The van der Waals surface area contributed by atoms with E-state index in [1.807, 2.05) is 41.5 Å². The van der Waals surface area contributed by atoms with E-state index < -0.39 is 0 Å². The van der Waals surface area contributed by atoms with Gasteiger partial charge in [0, 0.05) is 11.1 Å². The fourth-order valence-electron chi connectivity index (χ4n) is 1.91. The van der Waals surface area contributed by atoms with Crippen molar-refractivity contribution in [2.24, 2.45) is 0 Å². The second-order valence-electron chi connectivity index (χ2n) is 6.48. The fourth-order valence-corrected chi connectivity index (χ4v) is 2.92. The quantitative estimate of drug-likeness (QED) is 0.695. The lowest BCUT2D eigenvalue weighted by atomic mass is 9.81. The Morgan fingerprint density at radius 1 is 0.941 bits per heavy atom. The molecular weight excluding hydrogens is 280 g/mol. The third-order valence-corrected chi connectivity index (χ3v) is 3.55. The molecule has 0 spiro atoms. The molecule has 17 heavy (non-hydrogen) atoms. The average Bonchev–Trinajstić information content (AvgIpc) is 2.07. The Kier molecular flexibility index (Phi) is 3.55. The molecule has 3 heteroatoms. The van der Waals surface area contributed by atoms with Crippen LogP contribution in [0.3, 0.4) is 0 Å². The van der Waals surface area contributed by atoms with Gasteiger partial charge in [-0.15, -0.1) is 0 Å². The molecule has 0 aliphatic rings. The summed E-state index contributed by atoms with van der Waals surface area (Å²) in [5.41, 5.74) is 1.05. The minimum atomic E-state index is -0.225. The molecule has 1 aromatic carbocycles. The molecule has 0 unspecified atom stereocenters. The summed E-state index contributed by atoms with van der Waals surface area (Å²) < 4.78 is 0.593. The molecule has 0 atom stereocenters. The maximum Gasteiger partial charge on any atom is 0.134 e. The lowest BCUT2D eigenvalue weighted by Gasteiger charge is -2.27. The maximum absolute atomic E-state index is 10.2. The molecule has 0 aliphatic heterocycles. The molecule has 2 N–H and O–H groups in total. The average molecular weight is 301 g/mol. The van der Waals surface area contributed by atoms with Crippen molar-refractivity contribution >= 4 is 15.9 Å². The first-order valence-corrected chi connectivity index (χ1v) is 6.51. The maximum atomic E-state index is 10.2. The van der Waals surface area contributed by atoms with Crippen LogP contribution in [-0.2, 0) is 10.8 Å². The molecular formula is C14H21BrO2. The predicted molar refractivity (Wildman–Crippen MR) is 74.9 cm³/mol. The van der Waals surface area contributed by atoms with E-state index in [0.717, 1.165) is 11.1 Å². The van der Waals surface area contributed by atoms with E-state index >= 15 is 0 Å². The summed E-state index contributed by atoms with van der Waals surface area (Å²) in [6.45, 7) is 12.0. The van der Waals surface area contributed by atoms with Gasteiger partial charge >= 0.3 is 0 Å². The highest BCUT2D eigenvalue weighted by Crippen LogP contribution is 2.46. The molecule has 0 aromatic heterocycles. The molecule has 0 fully saturated rings. The molecule has 0 saturated carbocycles. The second-order valence-corrected chi connectivity index (χ2v) is 7.27. The van der Waals surface area contributed by atoms with E-state index in [1.165, 1.54) is 0 Å². The van der Waals surface area contributed by atoms with E-state index in [0.29, 0.717) is 4.47 Å². The van der Waals surface area contributed by atoms with Gasteiger partial charge in [-0.3, -0.25) is 0 Å². The normalized spacial score (nSPS) is 12.9. The summed E-state index contributed by atoms with van der Waals surface area (Å²) >= 11 is 3.40. The van der Waals surface area contributed by atoms with Gasteiger partial charge in [0.05, 0.1) is 4.47 Å². The molecule has 96 valence electrons. The number of phenols is 2. The van der Waals surface area contributed by atoms with E-state index in [4.69, 9.17) is 0 Å². The molecule has 2 nitrogen and oxygen atoms in total. The number of benzene rings is 1. The highest BCUT2D eigenvalue weighted by molar-refractivity contribution is 9.10. The monoisotopic (exact) mass is 300 g/mol. The summed E-state index contributed by atoms with van der Waals surface area (Å²) in [6, 6.07) is 1.67. The largest absolute Gasteiger partial charge is 0.508 e. The van der Waals surface area contributed by atoms with Crippen LogP contribution in [0.5, 0.6) is 11.5 Å². The number of rotatable bonds is 0. The summed E-state index contributed by atoms with van der Waals surface area (Å²) in [5.74, 6) is 0.451. The van der Waals surface area contributed by atoms with Crippen LogP contribution in [0, 0.1) is 0 Å². The summed E-state index contributed by atoms with van der Waals surface area (Å²) in [5, 5.41) is 20.4. The van der Waals surface area contributed by atoms with Crippen molar-refractivity contribution < 1.29 is 10.2 Å². The third kappa shape index (κ3) is 2.76. The summed E-state index contributed by atoms with van der Waals surface area (Å²) in [7, 11) is 0. The molecule has 0 amide bonds. The van der Waals surface area contributed by atoms with Crippen molar-refractivity contribution in [3.05, 3.63) is 21.7 Å². The van der Waals surface area contributed by atoms with Gasteiger partial charge in [-0.05, 0) is 32.8 Å². The summed E-state index contributed by atoms with van der Waals surface area (Å²) in [6.07, 6.45) is 0. The third-order valence-electron chi connectivity index (χ3n) is 2.78. The van der Waals surface area contributed by atoms with Crippen LogP contribution in [0.2, 0.25) is 0 Å². The second kappa shape index (κ2) is 4.20. The van der Waals surface area contributed by atoms with Crippen LogP contribution in [0.1, 0.15) is 52.7 Å². The first-order chi connectivity index (χ1) is 7.46. The zero-order valence-electron chi connectivity index (χ0n) is 11.3. The highest BCUT2D eigenvalue weighted by Gasteiger charge is 2.28. The van der Waals surface area contributed by atoms with Crippen LogP contribution in [-0.4, -0.2) is 10.2 Å². The first-order valence-electron chi connectivity index (χ1n) is 5.71. The Bertz CT molecular complexity index is 437. The van der Waals surface area contributed by atoms with Gasteiger partial charge < -0.3 is 10.2 Å². The van der Waals surface area contributed by atoms with E-state index in [9.17, 15) is 10.2 Å². The fraction of sp³-hybridized carbons (Fsp3) is 0.571. The predicted octanol–water partition coefficient (Wildman–Crippen LogP) is 4.46. The van der Waals surface area contributed by atoms with Gasteiger partial charge in [0.15, 0.2) is 0 Å². The Hall–Kier alpha value is -0.700. The number of halogens is 1. The van der Waals surface area contributed by atoms with E-state index in [2.05, 4.69) is 15.9 Å². The molecule has 0 bridgehead atoms. The van der Waals surface area contributed by atoms with Crippen molar-refractivity contribution in [1.29, 1.82) is 0 Å². The number of hydrogen-bond donors (Lipinski definition) is 2. The van der Waals surface area contributed by atoms with Crippen LogP contribution in [0.15, 0.2) is 10.5 Å². The van der Waals surface area contributed by atoms with Gasteiger partial charge in [-0.1, -0.05) is 41.5 Å². The molecule has 0 aliphatic carbocycles. The van der Waals surface area contributed by atoms with Crippen LogP contribution < -0.4 is 0 Å². The van der Waals surface area contributed by atoms with Crippen molar-refractivity contribution in [3.63, 3.8) is 0 Å². The zero-order valence-corrected chi connectivity index (χ0v) is 12.9. The molecule has 0 saturated heterocycles. The van der Waals surface area contributed by atoms with E-state index in [1.54, 1.807) is 6.07 Å².